The van der Waals surface area contributed by atoms with Crippen LogP contribution in [0.1, 0.15) is 20.9 Å². The molecule has 0 spiro atoms. The Hall–Kier alpha value is -3.65. The highest BCUT2D eigenvalue weighted by molar-refractivity contribution is 7.07. The summed E-state index contributed by atoms with van der Waals surface area (Å²) in [5.74, 6) is -0.333. The first kappa shape index (κ1) is 17.7. The maximum Gasteiger partial charge on any atom is 0.285 e. The molecular formula is C20H16N6OS. The average molecular weight is 388 g/mol. The van der Waals surface area contributed by atoms with Crippen LogP contribution in [0.4, 0.5) is 0 Å². The molecule has 28 heavy (non-hydrogen) atoms. The fraction of sp³-hybridized carbons (Fsp3) is 0.0500. The standard InChI is InChI=1S/C20H16N6OS/c1-14-19(28-25-22-14)20(27)23-21-12-16-13-26(17-10-6-3-7-11-17)24-18(16)15-8-4-2-5-9-15/h2-13H,1H3,(H,23,27)/b21-12-. The molecule has 2 aromatic carbocycles. The highest BCUT2D eigenvalue weighted by atomic mass is 32.1. The summed E-state index contributed by atoms with van der Waals surface area (Å²) in [4.78, 5) is 12.6. The number of para-hydroxylation sites is 1. The number of nitrogens with zero attached hydrogens (tertiary/aromatic N) is 5. The number of aromatic nitrogens is 4. The molecule has 7 nitrogen and oxygen atoms in total. The molecule has 0 fully saturated rings. The van der Waals surface area contributed by atoms with Gasteiger partial charge in [0.1, 0.15) is 10.6 Å². The molecule has 0 aliphatic rings. The lowest BCUT2D eigenvalue weighted by Gasteiger charge is -2.00. The lowest BCUT2D eigenvalue weighted by molar-refractivity contribution is 0.0958. The first-order valence-corrected chi connectivity index (χ1v) is 9.32. The number of benzene rings is 2. The summed E-state index contributed by atoms with van der Waals surface area (Å²) in [6.45, 7) is 1.74. The number of nitrogens with one attached hydrogen (secondary N) is 1. The van der Waals surface area contributed by atoms with E-state index in [1.54, 1.807) is 17.8 Å². The van der Waals surface area contributed by atoms with Crippen LogP contribution in [0.3, 0.4) is 0 Å². The van der Waals surface area contributed by atoms with Crippen molar-refractivity contribution in [1.29, 1.82) is 0 Å². The van der Waals surface area contributed by atoms with Crippen LogP contribution >= 0.6 is 11.5 Å². The zero-order valence-electron chi connectivity index (χ0n) is 15.0. The zero-order chi connectivity index (χ0) is 19.3. The van der Waals surface area contributed by atoms with Crippen LogP contribution < -0.4 is 5.43 Å². The molecule has 4 rings (SSSR count). The second-order valence-electron chi connectivity index (χ2n) is 5.97. The van der Waals surface area contributed by atoms with E-state index in [1.807, 2.05) is 66.9 Å². The Balaban J connectivity index is 1.64. The Morgan fingerprint density at radius 2 is 1.82 bits per heavy atom. The normalized spacial score (nSPS) is 11.0. The molecule has 1 N–H and O–H groups in total. The molecule has 2 aromatic heterocycles. The third-order valence-electron chi connectivity index (χ3n) is 4.04. The van der Waals surface area contributed by atoms with Gasteiger partial charge in [0.2, 0.25) is 0 Å². The molecule has 138 valence electrons. The fourth-order valence-electron chi connectivity index (χ4n) is 2.67. The number of amides is 1. The molecule has 0 bridgehead atoms. The van der Waals surface area contributed by atoms with Gasteiger partial charge >= 0.3 is 0 Å². The minimum atomic E-state index is -0.333. The van der Waals surface area contributed by atoms with E-state index in [1.165, 1.54) is 0 Å². The number of hydrazone groups is 1. The van der Waals surface area contributed by atoms with Crippen LogP contribution in [0.15, 0.2) is 72.0 Å². The molecule has 2 heterocycles. The van der Waals surface area contributed by atoms with Crippen molar-refractivity contribution in [2.75, 3.05) is 0 Å². The Morgan fingerprint density at radius 3 is 2.50 bits per heavy atom. The predicted octanol–water partition coefficient (Wildman–Crippen LogP) is 3.46. The summed E-state index contributed by atoms with van der Waals surface area (Å²) >= 11 is 1.04. The average Bonchev–Trinajstić information content (AvgIpc) is 3.36. The maximum atomic E-state index is 12.2. The number of rotatable bonds is 5. The maximum absolute atomic E-state index is 12.2. The van der Waals surface area contributed by atoms with E-state index in [9.17, 15) is 4.79 Å². The van der Waals surface area contributed by atoms with Gasteiger partial charge in [-0.3, -0.25) is 4.79 Å². The van der Waals surface area contributed by atoms with E-state index >= 15 is 0 Å². The Morgan fingerprint density at radius 1 is 1.11 bits per heavy atom. The summed E-state index contributed by atoms with van der Waals surface area (Å²) in [5, 5.41) is 12.6. The highest BCUT2D eigenvalue weighted by Crippen LogP contribution is 2.22. The molecule has 0 saturated heterocycles. The van der Waals surface area contributed by atoms with Gasteiger partial charge < -0.3 is 0 Å². The number of hydrogen-bond acceptors (Lipinski definition) is 6. The van der Waals surface area contributed by atoms with E-state index in [0.29, 0.717) is 10.6 Å². The first-order chi connectivity index (χ1) is 13.7. The topological polar surface area (TPSA) is 85.1 Å². The minimum Gasteiger partial charge on any atom is -0.266 e. The molecule has 0 radical (unpaired) electrons. The molecule has 0 atom stereocenters. The van der Waals surface area contributed by atoms with Crippen molar-refractivity contribution in [3.05, 3.63) is 83.0 Å². The van der Waals surface area contributed by atoms with Crippen molar-refractivity contribution in [2.45, 2.75) is 6.92 Å². The second kappa shape index (κ2) is 7.93. The van der Waals surface area contributed by atoms with E-state index in [0.717, 1.165) is 34.0 Å². The molecule has 0 aliphatic heterocycles. The van der Waals surface area contributed by atoms with E-state index in [2.05, 4.69) is 20.1 Å². The minimum absolute atomic E-state index is 0.333. The van der Waals surface area contributed by atoms with Gasteiger partial charge in [-0.15, -0.1) is 5.10 Å². The summed E-state index contributed by atoms with van der Waals surface area (Å²) in [7, 11) is 0. The molecule has 4 aromatic rings. The fourth-order valence-corrected chi connectivity index (χ4v) is 3.21. The van der Waals surface area contributed by atoms with E-state index in [4.69, 9.17) is 5.10 Å². The van der Waals surface area contributed by atoms with Gasteiger partial charge in [-0.1, -0.05) is 53.0 Å². The second-order valence-corrected chi connectivity index (χ2v) is 6.72. The van der Waals surface area contributed by atoms with Crippen molar-refractivity contribution >= 4 is 23.7 Å². The number of carbonyl (C=O) groups excluding carboxylic acids is 1. The Bertz CT molecular complexity index is 1120. The molecule has 0 saturated carbocycles. The van der Waals surface area contributed by atoms with Crippen LogP contribution in [-0.2, 0) is 0 Å². The Kier molecular flexibility index (Phi) is 5.03. The van der Waals surface area contributed by atoms with Gasteiger partial charge in [-0.25, -0.2) is 10.1 Å². The largest absolute Gasteiger partial charge is 0.285 e. The zero-order valence-corrected chi connectivity index (χ0v) is 15.8. The molecule has 1 amide bonds. The van der Waals surface area contributed by atoms with Gasteiger partial charge in [-0.05, 0) is 30.6 Å². The van der Waals surface area contributed by atoms with Crippen LogP contribution in [0.5, 0.6) is 0 Å². The van der Waals surface area contributed by atoms with Crippen molar-refractivity contribution in [1.82, 2.24) is 24.8 Å². The van der Waals surface area contributed by atoms with Crippen molar-refractivity contribution in [3.8, 4) is 16.9 Å². The lowest BCUT2D eigenvalue weighted by atomic mass is 10.1. The van der Waals surface area contributed by atoms with Crippen LogP contribution in [0, 0.1) is 6.92 Å². The van der Waals surface area contributed by atoms with Crippen molar-refractivity contribution < 1.29 is 4.79 Å². The van der Waals surface area contributed by atoms with Crippen LogP contribution in [-0.4, -0.2) is 31.5 Å². The molecule has 0 aliphatic carbocycles. The molecular weight excluding hydrogens is 372 g/mol. The third-order valence-corrected chi connectivity index (χ3v) is 4.86. The summed E-state index contributed by atoms with van der Waals surface area (Å²) in [6, 6.07) is 19.7. The van der Waals surface area contributed by atoms with Gasteiger partial charge in [0, 0.05) is 17.3 Å². The monoisotopic (exact) mass is 388 g/mol. The van der Waals surface area contributed by atoms with Gasteiger partial charge in [-0.2, -0.15) is 10.2 Å². The summed E-state index contributed by atoms with van der Waals surface area (Å²) in [6.07, 6.45) is 3.48. The van der Waals surface area contributed by atoms with Crippen LogP contribution in [0.2, 0.25) is 0 Å². The highest BCUT2D eigenvalue weighted by Gasteiger charge is 2.13. The van der Waals surface area contributed by atoms with Crippen molar-refractivity contribution in [3.63, 3.8) is 0 Å². The lowest BCUT2D eigenvalue weighted by Crippen LogP contribution is -2.17. The van der Waals surface area contributed by atoms with Gasteiger partial charge in [0.05, 0.1) is 17.6 Å². The number of hydrogen-bond donors (Lipinski definition) is 1. The van der Waals surface area contributed by atoms with Crippen LogP contribution in [0.25, 0.3) is 16.9 Å². The quantitative estimate of drug-likeness (QED) is 0.419. The number of aryl methyl sites for hydroxylation is 1. The first-order valence-electron chi connectivity index (χ1n) is 8.55. The Labute approximate surface area is 165 Å². The third kappa shape index (κ3) is 3.72. The van der Waals surface area contributed by atoms with Crippen molar-refractivity contribution in [2.24, 2.45) is 5.10 Å². The number of carbonyl (C=O) groups is 1. The smallest absolute Gasteiger partial charge is 0.266 e. The van der Waals surface area contributed by atoms with Gasteiger partial charge in [0.25, 0.3) is 5.91 Å². The molecule has 8 heteroatoms. The van der Waals surface area contributed by atoms with E-state index in [-0.39, 0.29) is 5.91 Å². The summed E-state index contributed by atoms with van der Waals surface area (Å²) < 4.78 is 5.56. The molecule has 0 unspecified atom stereocenters. The SMILES string of the molecule is Cc1nnsc1C(=O)N/N=C\c1cn(-c2ccccc2)nc1-c1ccccc1. The summed E-state index contributed by atoms with van der Waals surface area (Å²) in [5.41, 5.74) is 6.58. The van der Waals surface area contributed by atoms with Gasteiger partial charge in [0.15, 0.2) is 0 Å². The van der Waals surface area contributed by atoms with E-state index < -0.39 is 0 Å². The predicted molar refractivity (Wildman–Crippen MR) is 109 cm³/mol.